The molecule has 0 radical (unpaired) electrons. The molecule has 0 aliphatic carbocycles. The van der Waals surface area contributed by atoms with Gasteiger partial charge in [-0.05, 0) is 67.7 Å². The third kappa shape index (κ3) is 4.42. The molecular formula is C23H24FNO3. The van der Waals surface area contributed by atoms with Gasteiger partial charge in [-0.1, -0.05) is 24.6 Å². The van der Waals surface area contributed by atoms with Crippen molar-refractivity contribution >= 4 is 11.0 Å². The summed E-state index contributed by atoms with van der Waals surface area (Å²) in [4.78, 5) is 14.4. The Bertz CT molecular complexity index is 991. The van der Waals surface area contributed by atoms with Crippen LogP contribution in [-0.2, 0) is 0 Å². The predicted molar refractivity (Wildman–Crippen MR) is 108 cm³/mol. The Hall–Kier alpha value is -2.66. The first-order valence-electron chi connectivity index (χ1n) is 9.88. The average Bonchev–Trinajstić information content (AvgIpc) is 2.72. The Labute approximate surface area is 163 Å². The summed E-state index contributed by atoms with van der Waals surface area (Å²) < 4.78 is 24.4. The molecule has 1 saturated heterocycles. The van der Waals surface area contributed by atoms with E-state index in [2.05, 4.69) is 4.90 Å². The molecule has 28 heavy (non-hydrogen) atoms. The fraction of sp³-hybridized carbons (Fsp3) is 0.348. The Morgan fingerprint density at radius 2 is 1.71 bits per heavy atom. The SMILES string of the molecule is O=c1cc(OCCCN2CCCCC2)c2ccc(-c3ccc(F)cc3)cc2o1. The number of hydrogen-bond acceptors (Lipinski definition) is 4. The number of ether oxygens (including phenoxy) is 1. The third-order valence-corrected chi connectivity index (χ3v) is 5.21. The molecule has 0 atom stereocenters. The van der Waals surface area contributed by atoms with Crippen LogP contribution in [0.25, 0.3) is 22.1 Å². The molecule has 3 aromatic rings. The Balaban J connectivity index is 1.48. The van der Waals surface area contributed by atoms with Gasteiger partial charge in [0, 0.05) is 6.54 Å². The van der Waals surface area contributed by atoms with E-state index >= 15 is 0 Å². The summed E-state index contributed by atoms with van der Waals surface area (Å²) in [6.07, 6.45) is 4.82. The maximum absolute atomic E-state index is 13.1. The molecule has 0 amide bonds. The first-order chi connectivity index (χ1) is 13.7. The monoisotopic (exact) mass is 381 g/mol. The lowest BCUT2D eigenvalue weighted by atomic mass is 10.0. The van der Waals surface area contributed by atoms with Crippen molar-refractivity contribution in [3.63, 3.8) is 0 Å². The van der Waals surface area contributed by atoms with Crippen molar-refractivity contribution in [1.82, 2.24) is 4.90 Å². The lowest BCUT2D eigenvalue weighted by molar-refractivity contribution is 0.205. The van der Waals surface area contributed by atoms with Gasteiger partial charge in [-0.25, -0.2) is 9.18 Å². The van der Waals surface area contributed by atoms with E-state index in [9.17, 15) is 9.18 Å². The van der Waals surface area contributed by atoms with Gasteiger partial charge in [-0.15, -0.1) is 0 Å². The van der Waals surface area contributed by atoms with Crippen molar-refractivity contribution in [3.8, 4) is 16.9 Å². The number of fused-ring (bicyclic) bond motifs is 1. The Morgan fingerprint density at radius 3 is 2.50 bits per heavy atom. The van der Waals surface area contributed by atoms with Crippen LogP contribution >= 0.6 is 0 Å². The van der Waals surface area contributed by atoms with E-state index in [-0.39, 0.29) is 5.82 Å². The largest absolute Gasteiger partial charge is 0.492 e. The summed E-state index contributed by atoms with van der Waals surface area (Å²) in [7, 11) is 0. The van der Waals surface area contributed by atoms with Crippen LogP contribution in [0.2, 0.25) is 0 Å². The first-order valence-corrected chi connectivity index (χ1v) is 9.88. The van der Waals surface area contributed by atoms with E-state index in [4.69, 9.17) is 9.15 Å². The molecule has 0 saturated carbocycles. The summed E-state index contributed by atoms with van der Waals surface area (Å²) >= 11 is 0. The van der Waals surface area contributed by atoms with Gasteiger partial charge in [-0.2, -0.15) is 0 Å². The van der Waals surface area contributed by atoms with Gasteiger partial charge in [0.15, 0.2) is 0 Å². The van der Waals surface area contributed by atoms with Gasteiger partial charge >= 0.3 is 5.63 Å². The molecule has 146 valence electrons. The van der Waals surface area contributed by atoms with E-state index in [1.165, 1.54) is 50.6 Å². The molecule has 4 rings (SSSR count). The molecule has 1 aliphatic rings. The number of likely N-dealkylation sites (tertiary alicyclic amines) is 1. The minimum Gasteiger partial charge on any atom is -0.492 e. The van der Waals surface area contributed by atoms with Crippen LogP contribution in [0, 0.1) is 5.82 Å². The van der Waals surface area contributed by atoms with E-state index < -0.39 is 5.63 Å². The zero-order valence-corrected chi connectivity index (χ0v) is 15.8. The molecule has 1 aliphatic heterocycles. The Morgan fingerprint density at radius 1 is 0.964 bits per heavy atom. The molecule has 1 fully saturated rings. The molecule has 0 N–H and O–H groups in total. The summed E-state index contributed by atoms with van der Waals surface area (Å²) in [6, 6.07) is 13.2. The second-order valence-corrected chi connectivity index (χ2v) is 7.25. The molecule has 1 aromatic heterocycles. The quantitative estimate of drug-likeness (QED) is 0.452. The van der Waals surface area contributed by atoms with Gasteiger partial charge in [-0.3, -0.25) is 0 Å². The lowest BCUT2D eigenvalue weighted by Gasteiger charge is -2.26. The second kappa shape index (κ2) is 8.57. The maximum Gasteiger partial charge on any atom is 0.339 e. The van der Waals surface area contributed by atoms with E-state index in [0.29, 0.717) is 17.9 Å². The van der Waals surface area contributed by atoms with Gasteiger partial charge in [0.25, 0.3) is 0 Å². The molecule has 2 aromatic carbocycles. The maximum atomic E-state index is 13.1. The van der Waals surface area contributed by atoms with Crippen molar-refractivity contribution in [2.24, 2.45) is 0 Å². The van der Waals surface area contributed by atoms with Crippen LogP contribution in [0.1, 0.15) is 25.7 Å². The van der Waals surface area contributed by atoms with E-state index in [0.717, 1.165) is 29.5 Å². The summed E-state index contributed by atoms with van der Waals surface area (Å²) in [5, 5.41) is 0.767. The zero-order chi connectivity index (χ0) is 19.3. The highest BCUT2D eigenvalue weighted by Crippen LogP contribution is 2.29. The van der Waals surface area contributed by atoms with Gasteiger partial charge in [0.05, 0.1) is 18.1 Å². The highest BCUT2D eigenvalue weighted by Gasteiger charge is 2.11. The van der Waals surface area contributed by atoms with Crippen molar-refractivity contribution in [2.45, 2.75) is 25.7 Å². The molecule has 2 heterocycles. The van der Waals surface area contributed by atoms with E-state index in [1.807, 2.05) is 12.1 Å². The summed E-state index contributed by atoms with van der Waals surface area (Å²) in [5.41, 5.74) is 1.76. The van der Waals surface area contributed by atoms with Crippen LogP contribution in [0.4, 0.5) is 4.39 Å². The van der Waals surface area contributed by atoms with Crippen molar-refractivity contribution < 1.29 is 13.5 Å². The molecule has 5 heteroatoms. The standard InChI is InChI=1S/C23H24FNO3/c24-19-8-5-17(6-9-19)18-7-10-20-21(16-23(26)28-22(20)15-18)27-14-4-13-25-11-2-1-3-12-25/h5-10,15-16H,1-4,11-14H2. The number of benzene rings is 2. The normalized spacial score (nSPS) is 15.0. The molecule has 0 bridgehead atoms. The third-order valence-electron chi connectivity index (χ3n) is 5.21. The lowest BCUT2D eigenvalue weighted by Crippen LogP contribution is -2.31. The predicted octanol–water partition coefficient (Wildman–Crippen LogP) is 4.85. The van der Waals surface area contributed by atoms with Crippen LogP contribution in [0.15, 0.2) is 57.7 Å². The first kappa shape index (κ1) is 18.7. The molecule has 4 nitrogen and oxygen atoms in total. The summed E-state index contributed by atoms with van der Waals surface area (Å²) in [5.74, 6) is 0.270. The zero-order valence-electron chi connectivity index (χ0n) is 15.8. The summed E-state index contributed by atoms with van der Waals surface area (Å²) in [6.45, 7) is 3.93. The fourth-order valence-electron chi connectivity index (χ4n) is 3.73. The van der Waals surface area contributed by atoms with Gasteiger partial charge in [0.2, 0.25) is 0 Å². The molecule has 0 unspecified atom stereocenters. The second-order valence-electron chi connectivity index (χ2n) is 7.25. The number of rotatable bonds is 6. The molecule has 0 spiro atoms. The number of nitrogens with zero attached hydrogens (tertiary/aromatic N) is 1. The molecular weight excluding hydrogens is 357 g/mol. The number of piperidine rings is 1. The van der Waals surface area contributed by atoms with Crippen LogP contribution < -0.4 is 10.4 Å². The van der Waals surface area contributed by atoms with Crippen LogP contribution in [0.3, 0.4) is 0 Å². The minimum atomic E-state index is -0.435. The smallest absolute Gasteiger partial charge is 0.339 e. The average molecular weight is 381 g/mol. The highest BCUT2D eigenvalue weighted by molar-refractivity contribution is 5.87. The minimum absolute atomic E-state index is 0.281. The number of halogens is 1. The highest BCUT2D eigenvalue weighted by atomic mass is 19.1. The van der Waals surface area contributed by atoms with Crippen LogP contribution in [-0.4, -0.2) is 31.1 Å². The van der Waals surface area contributed by atoms with Crippen LogP contribution in [0.5, 0.6) is 5.75 Å². The topological polar surface area (TPSA) is 42.7 Å². The number of hydrogen-bond donors (Lipinski definition) is 0. The van der Waals surface area contributed by atoms with Gasteiger partial charge in [0.1, 0.15) is 17.1 Å². The fourth-order valence-corrected chi connectivity index (χ4v) is 3.73. The Kier molecular flexibility index (Phi) is 5.72. The van der Waals surface area contributed by atoms with Crippen molar-refractivity contribution in [1.29, 1.82) is 0 Å². The van der Waals surface area contributed by atoms with E-state index in [1.54, 1.807) is 18.2 Å². The van der Waals surface area contributed by atoms with Crippen molar-refractivity contribution in [2.75, 3.05) is 26.2 Å². The van der Waals surface area contributed by atoms with Gasteiger partial charge < -0.3 is 14.1 Å². The van der Waals surface area contributed by atoms with Crippen molar-refractivity contribution in [3.05, 3.63) is 64.8 Å².